The Kier molecular flexibility index (Phi) is 4.83. The number of esters is 1. The number of carbonyl (C=O) groups is 1. The van der Waals surface area contributed by atoms with E-state index < -0.39 is 0 Å². The first-order valence-corrected chi connectivity index (χ1v) is 5.10. The Morgan fingerprint density at radius 2 is 2.15 bits per heavy atom. The van der Waals surface area contributed by atoms with Crippen LogP contribution in [0.4, 0.5) is 0 Å². The average Bonchev–Trinajstić information content (AvgIpc) is 2.19. The summed E-state index contributed by atoms with van der Waals surface area (Å²) in [6, 6.07) is 0. The van der Waals surface area contributed by atoms with Crippen LogP contribution in [0.3, 0.4) is 0 Å². The molecule has 0 amide bonds. The zero-order chi connectivity index (χ0) is 9.52. The van der Waals surface area contributed by atoms with E-state index in [0.717, 1.165) is 25.4 Å². The molecule has 1 aliphatic heterocycles. The fourth-order valence-electron chi connectivity index (χ4n) is 1.81. The molecule has 0 aromatic heterocycles. The van der Waals surface area contributed by atoms with Gasteiger partial charge >= 0.3 is 5.97 Å². The second-order valence-electron chi connectivity index (χ2n) is 3.66. The summed E-state index contributed by atoms with van der Waals surface area (Å²) in [6.45, 7) is 2.28. The molecule has 0 radical (unpaired) electrons. The van der Waals surface area contributed by atoms with Gasteiger partial charge in [0.1, 0.15) is 0 Å². The van der Waals surface area contributed by atoms with E-state index in [1.165, 1.54) is 26.4 Å². The quantitative estimate of drug-likeness (QED) is 0.671. The molecular weight excluding hydrogens is 166 g/mol. The summed E-state index contributed by atoms with van der Waals surface area (Å²) in [6.07, 6.45) is 5.27. The van der Waals surface area contributed by atoms with Gasteiger partial charge in [0.15, 0.2) is 0 Å². The molecule has 1 N–H and O–H groups in total. The number of methoxy groups -OCH3 is 1. The molecule has 3 nitrogen and oxygen atoms in total. The second-order valence-corrected chi connectivity index (χ2v) is 3.66. The van der Waals surface area contributed by atoms with Crippen LogP contribution in [0.2, 0.25) is 0 Å². The van der Waals surface area contributed by atoms with E-state index in [1.54, 1.807) is 0 Å². The molecule has 0 saturated carbocycles. The topological polar surface area (TPSA) is 38.3 Å². The van der Waals surface area contributed by atoms with Crippen LogP contribution >= 0.6 is 0 Å². The van der Waals surface area contributed by atoms with Crippen LogP contribution in [0.25, 0.3) is 0 Å². The summed E-state index contributed by atoms with van der Waals surface area (Å²) in [7, 11) is 1.45. The molecule has 0 atom stereocenters. The molecule has 3 heteroatoms. The molecule has 1 heterocycles. The molecule has 13 heavy (non-hydrogen) atoms. The minimum atomic E-state index is -0.0751. The van der Waals surface area contributed by atoms with Crippen molar-refractivity contribution in [2.24, 2.45) is 5.92 Å². The maximum atomic E-state index is 10.8. The van der Waals surface area contributed by atoms with Gasteiger partial charge in [0.2, 0.25) is 0 Å². The number of rotatable bonds is 4. The highest BCUT2D eigenvalue weighted by atomic mass is 16.5. The van der Waals surface area contributed by atoms with Crippen molar-refractivity contribution in [3.63, 3.8) is 0 Å². The molecule has 0 unspecified atom stereocenters. The van der Waals surface area contributed by atoms with Crippen molar-refractivity contribution in [1.82, 2.24) is 5.32 Å². The fourth-order valence-corrected chi connectivity index (χ4v) is 1.81. The van der Waals surface area contributed by atoms with Gasteiger partial charge in [-0.1, -0.05) is 0 Å². The molecular formula is C10H19NO2. The Morgan fingerprint density at radius 3 is 2.77 bits per heavy atom. The van der Waals surface area contributed by atoms with Crippen LogP contribution in [0.15, 0.2) is 0 Å². The fraction of sp³-hybridized carbons (Fsp3) is 0.900. The van der Waals surface area contributed by atoms with Crippen LogP contribution in [-0.4, -0.2) is 26.2 Å². The number of hydrogen-bond acceptors (Lipinski definition) is 3. The molecule has 0 aromatic rings. The largest absolute Gasteiger partial charge is 0.469 e. The first-order chi connectivity index (χ1) is 6.33. The molecule has 1 aliphatic rings. The Morgan fingerprint density at radius 1 is 1.46 bits per heavy atom. The standard InChI is InChI=1S/C10H19NO2/c1-13-10(12)4-2-3-9-5-7-11-8-6-9/h9,11H,2-8H2,1H3. The molecule has 1 saturated heterocycles. The van der Waals surface area contributed by atoms with E-state index >= 15 is 0 Å². The maximum absolute atomic E-state index is 10.8. The first-order valence-electron chi connectivity index (χ1n) is 5.10. The lowest BCUT2D eigenvalue weighted by molar-refractivity contribution is -0.140. The van der Waals surface area contributed by atoms with Crippen molar-refractivity contribution >= 4 is 5.97 Å². The summed E-state index contributed by atoms with van der Waals surface area (Å²) in [5.74, 6) is 0.750. The normalized spacial score (nSPS) is 18.5. The third kappa shape index (κ3) is 4.27. The molecule has 0 bridgehead atoms. The van der Waals surface area contributed by atoms with Gasteiger partial charge in [-0.15, -0.1) is 0 Å². The van der Waals surface area contributed by atoms with Crippen molar-refractivity contribution < 1.29 is 9.53 Å². The van der Waals surface area contributed by atoms with Crippen LogP contribution in [0.1, 0.15) is 32.1 Å². The lowest BCUT2D eigenvalue weighted by atomic mass is 9.92. The molecule has 0 aliphatic carbocycles. The Labute approximate surface area is 79.8 Å². The average molecular weight is 185 g/mol. The van der Waals surface area contributed by atoms with E-state index in [2.05, 4.69) is 10.1 Å². The third-order valence-corrected chi connectivity index (χ3v) is 2.68. The van der Waals surface area contributed by atoms with Crippen LogP contribution in [0.5, 0.6) is 0 Å². The van der Waals surface area contributed by atoms with Gasteiger partial charge in [-0.3, -0.25) is 4.79 Å². The van der Waals surface area contributed by atoms with Crippen molar-refractivity contribution in [1.29, 1.82) is 0 Å². The van der Waals surface area contributed by atoms with Crippen LogP contribution in [-0.2, 0) is 9.53 Å². The molecule has 1 rings (SSSR count). The summed E-state index contributed by atoms with van der Waals surface area (Å²) < 4.78 is 4.59. The Balaban J connectivity index is 2.01. The summed E-state index contributed by atoms with van der Waals surface area (Å²) in [5.41, 5.74) is 0. The van der Waals surface area contributed by atoms with Crippen molar-refractivity contribution in [2.75, 3.05) is 20.2 Å². The van der Waals surface area contributed by atoms with Crippen molar-refractivity contribution in [2.45, 2.75) is 32.1 Å². The zero-order valence-electron chi connectivity index (χ0n) is 8.34. The second kappa shape index (κ2) is 5.97. The van der Waals surface area contributed by atoms with E-state index in [0.29, 0.717) is 6.42 Å². The summed E-state index contributed by atoms with van der Waals surface area (Å²) >= 11 is 0. The minimum Gasteiger partial charge on any atom is -0.469 e. The van der Waals surface area contributed by atoms with E-state index in [9.17, 15) is 4.79 Å². The van der Waals surface area contributed by atoms with Gasteiger partial charge in [-0.05, 0) is 44.7 Å². The third-order valence-electron chi connectivity index (χ3n) is 2.68. The van der Waals surface area contributed by atoms with Gasteiger partial charge in [-0.25, -0.2) is 0 Å². The number of piperidine rings is 1. The highest BCUT2D eigenvalue weighted by Gasteiger charge is 2.12. The van der Waals surface area contributed by atoms with E-state index in [4.69, 9.17) is 0 Å². The predicted octanol–water partition coefficient (Wildman–Crippen LogP) is 1.33. The lowest BCUT2D eigenvalue weighted by Crippen LogP contribution is -2.27. The van der Waals surface area contributed by atoms with Gasteiger partial charge in [0.05, 0.1) is 7.11 Å². The first kappa shape index (κ1) is 10.5. The molecule has 76 valence electrons. The smallest absolute Gasteiger partial charge is 0.305 e. The summed E-state index contributed by atoms with van der Waals surface area (Å²) in [5, 5.41) is 3.33. The van der Waals surface area contributed by atoms with Crippen molar-refractivity contribution in [3.8, 4) is 0 Å². The van der Waals surface area contributed by atoms with E-state index in [1.807, 2.05) is 0 Å². The van der Waals surface area contributed by atoms with Crippen molar-refractivity contribution in [3.05, 3.63) is 0 Å². The number of carbonyl (C=O) groups excluding carboxylic acids is 1. The zero-order valence-corrected chi connectivity index (χ0v) is 8.34. The highest BCUT2D eigenvalue weighted by molar-refractivity contribution is 5.68. The number of nitrogens with one attached hydrogen (secondary N) is 1. The van der Waals surface area contributed by atoms with Crippen LogP contribution < -0.4 is 5.32 Å². The lowest BCUT2D eigenvalue weighted by Gasteiger charge is -2.22. The predicted molar refractivity (Wildman–Crippen MR) is 51.5 cm³/mol. The molecule has 0 aromatic carbocycles. The number of ether oxygens (including phenoxy) is 1. The number of hydrogen-bond donors (Lipinski definition) is 1. The summed E-state index contributed by atoms with van der Waals surface area (Å²) in [4.78, 5) is 10.8. The molecule has 1 fully saturated rings. The van der Waals surface area contributed by atoms with E-state index in [-0.39, 0.29) is 5.97 Å². The Hall–Kier alpha value is -0.570. The maximum Gasteiger partial charge on any atom is 0.305 e. The Bertz CT molecular complexity index is 153. The van der Waals surface area contributed by atoms with Gasteiger partial charge in [-0.2, -0.15) is 0 Å². The SMILES string of the molecule is COC(=O)CCCC1CCNCC1. The monoisotopic (exact) mass is 185 g/mol. The highest BCUT2D eigenvalue weighted by Crippen LogP contribution is 2.18. The van der Waals surface area contributed by atoms with Gasteiger partial charge < -0.3 is 10.1 Å². The molecule has 0 spiro atoms. The minimum absolute atomic E-state index is 0.0751. The van der Waals surface area contributed by atoms with Gasteiger partial charge in [0, 0.05) is 6.42 Å². The van der Waals surface area contributed by atoms with Gasteiger partial charge in [0.25, 0.3) is 0 Å². The van der Waals surface area contributed by atoms with Crippen LogP contribution in [0, 0.1) is 5.92 Å².